The van der Waals surface area contributed by atoms with Crippen molar-refractivity contribution in [2.45, 2.75) is 18.2 Å². The molecular formula is C11H17ClN4O2. The SMILES string of the molecule is COc1nc(OC)nc(N(C)CC2CC(Cl)C2)n1. The fraction of sp³-hybridized carbons (Fsp3) is 0.727. The quantitative estimate of drug-likeness (QED) is 0.754. The third kappa shape index (κ3) is 2.93. The average molecular weight is 273 g/mol. The normalized spacial score (nSPS) is 22.2. The van der Waals surface area contributed by atoms with Crippen LogP contribution in [0.2, 0.25) is 0 Å². The van der Waals surface area contributed by atoms with Gasteiger partial charge in [-0.25, -0.2) is 0 Å². The van der Waals surface area contributed by atoms with Crippen LogP contribution in [0.1, 0.15) is 12.8 Å². The minimum absolute atomic E-state index is 0.257. The molecular weight excluding hydrogens is 256 g/mol. The summed E-state index contributed by atoms with van der Waals surface area (Å²) in [6.45, 7) is 0.875. The van der Waals surface area contributed by atoms with Crippen molar-refractivity contribution in [1.82, 2.24) is 15.0 Å². The Morgan fingerprint density at radius 3 is 2.17 bits per heavy atom. The van der Waals surface area contributed by atoms with Gasteiger partial charge in [0.05, 0.1) is 14.2 Å². The van der Waals surface area contributed by atoms with Crippen LogP contribution in [0.3, 0.4) is 0 Å². The zero-order valence-corrected chi connectivity index (χ0v) is 11.5. The van der Waals surface area contributed by atoms with Crippen molar-refractivity contribution in [2.24, 2.45) is 5.92 Å². The van der Waals surface area contributed by atoms with E-state index in [0.29, 0.717) is 17.2 Å². The summed E-state index contributed by atoms with van der Waals surface area (Å²) in [7, 11) is 4.97. The zero-order valence-electron chi connectivity index (χ0n) is 10.8. The Balaban J connectivity index is 2.06. The number of alkyl halides is 1. The Morgan fingerprint density at radius 1 is 1.17 bits per heavy atom. The zero-order chi connectivity index (χ0) is 13.1. The molecule has 0 amide bonds. The predicted molar refractivity (Wildman–Crippen MR) is 68.6 cm³/mol. The third-order valence-electron chi connectivity index (χ3n) is 3.00. The van der Waals surface area contributed by atoms with E-state index in [-0.39, 0.29) is 12.0 Å². The highest BCUT2D eigenvalue weighted by molar-refractivity contribution is 6.21. The number of methoxy groups -OCH3 is 2. The van der Waals surface area contributed by atoms with Gasteiger partial charge in [0, 0.05) is 19.0 Å². The molecule has 0 unspecified atom stereocenters. The van der Waals surface area contributed by atoms with E-state index in [2.05, 4.69) is 15.0 Å². The molecule has 6 nitrogen and oxygen atoms in total. The van der Waals surface area contributed by atoms with Gasteiger partial charge in [-0.15, -0.1) is 16.6 Å². The van der Waals surface area contributed by atoms with Crippen LogP contribution in [-0.4, -0.2) is 48.1 Å². The molecule has 0 atom stereocenters. The lowest BCUT2D eigenvalue weighted by atomic mass is 9.84. The van der Waals surface area contributed by atoms with Crippen molar-refractivity contribution in [3.63, 3.8) is 0 Å². The smallest absolute Gasteiger partial charge is 0.324 e. The Labute approximate surface area is 111 Å². The lowest BCUT2D eigenvalue weighted by Gasteiger charge is -2.34. The van der Waals surface area contributed by atoms with Gasteiger partial charge in [0.15, 0.2) is 0 Å². The summed E-state index contributed by atoms with van der Waals surface area (Å²) in [5.74, 6) is 1.16. The Hall–Kier alpha value is -1.30. The van der Waals surface area contributed by atoms with E-state index in [1.54, 1.807) is 0 Å². The first-order valence-corrected chi connectivity index (χ1v) is 6.25. The summed E-state index contributed by atoms with van der Waals surface area (Å²) in [5, 5.41) is 0.325. The molecule has 1 aliphatic rings. The maximum atomic E-state index is 5.97. The molecule has 2 rings (SSSR count). The molecule has 1 aliphatic carbocycles. The minimum atomic E-state index is 0.257. The predicted octanol–water partition coefficient (Wildman–Crippen LogP) is 1.34. The summed E-state index contributed by atoms with van der Waals surface area (Å²) in [6.07, 6.45) is 2.09. The molecule has 0 spiro atoms. The third-order valence-corrected chi connectivity index (χ3v) is 3.36. The fourth-order valence-electron chi connectivity index (χ4n) is 1.95. The number of hydrogen-bond acceptors (Lipinski definition) is 6. The van der Waals surface area contributed by atoms with Crippen LogP contribution in [0.5, 0.6) is 12.0 Å². The van der Waals surface area contributed by atoms with Crippen LogP contribution in [0, 0.1) is 5.92 Å². The lowest BCUT2D eigenvalue weighted by molar-refractivity contribution is 0.322. The molecule has 0 saturated heterocycles. The second-order valence-electron chi connectivity index (χ2n) is 4.42. The highest BCUT2D eigenvalue weighted by Gasteiger charge is 2.28. The van der Waals surface area contributed by atoms with Crippen LogP contribution in [0.4, 0.5) is 5.95 Å². The first kappa shape index (κ1) is 13.1. The van der Waals surface area contributed by atoms with Gasteiger partial charge in [-0.3, -0.25) is 0 Å². The van der Waals surface area contributed by atoms with Crippen molar-refractivity contribution < 1.29 is 9.47 Å². The Morgan fingerprint density at radius 2 is 1.72 bits per heavy atom. The summed E-state index contributed by atoms with van der Waals surface area (Å²) < 4.78 is 10.0. The second-order valence-corrected chi connectivity index (χ2v) is 5.04. The van der Waals surface area contributed by atoms with E-state index in [1.165, 1.54) is 14.2 Å². The topological polar surface area (TPSA) is 60.4 Å². The average Bonchev–Trinajstić information content (AvgIpc) is 2.36. The van der Waals surface area contributed by atoms with Gasteiger partial charge in [-0.05, 0) is 18.8 Å². The van der Waals surface area contributed by atoms with E-state index in [4.69, 9.17) is 21.1 Å². The summed E-state index contributed by atoms with van der Waals surface area (Å²) in [4.78, 5) is 14.3. The molecule has 18 heavy (non-hydrogen) atoms. The van der Waals surface area contributed by atoms with Crippen molar-refractivity contribution in [3.8, 4) is 12.0 Å². The number of anilines is 1. The molecule has 0 aliphatic heterocycles. The Kier molecular flexibility index (Phi) is 4.06. The van der Waals surface area contributed by atoms with Crippen molar-refractivity contribution in [2.75, 3.05) is 32.7 Å². The van der Waals surface area contributed by atoms with Crippen molar-refractivity contribution >= 4 is 17.5 Å². The van der Waals surface area contributed by atoms with Crippen LogP contribution in [0.25, 0.3) is 0 Å². The number of ether oxygens (including phenoxy) is 2. The molecule has 0 N–H and O–H groups in total. The van der Waals surface area contributed by atoms with Gasteiger partial charge < -0.3 is 14.4 Å². The first-order chi connectivity index (χ1) is 8.62. The van der Waals surface area contributed by atoms with Crippen LogP contribution >= 0.6 is 11.6 Å². The van der Waals surface area contributed by atoms with E-state index < -0.39 is 0 Å². The summed E-state index contributed by atoms with van der Waals surface area (Å²) >= 11 is 5.97. The standard InChI is InChI=1S/C11H17ClN4O2/c1-16(6-7-4-8(12)5-7)9-13-10(17-2)15-11(14-9)18-3/h7-8H,4-6H2,1-3H3. The molecule has 1 aromatic rings. The molecule has 1 aromatic heterocycles. The lowest BCUT2D eigenvalue weighted by Crippen LogP contribution is -2.35. The summed E-state index contributed by atoms with van der Waals surface area (Å²) in [5.41, 5.74) is 0. The summed E-state index contributed by atoms with van der Waals surface area (Å²) in [6, 6.07) is 0.514. The molecule has 100 valence electrons. The monoisotopic (exact) mass is 272 g/mol. The molecule has 1 heterocycles. The van der Waals surface area contributed by atoms with Crippen molar-refractivity contribution in [1.29, 1.82) is 0 Å². The van der Waals surface area contributed by atoms with E-state index in [1.807, 2.05) is 11.9 Å². The molecule has 0 bridgehead atoms. The maximum absolute atomic E-state index is 5.97. The van der Waals surface area contributed by atoms with E-state index >= 15 is 0 Å². The minimum Gasteiger partial charge on any atom is -0.467 e. The van der Waals surface area contributed by atoms with Crippen LogP contribution in [-0.2, 0) is 0 Å². The largest absolute Gasteiger partial charge is 0.467 e. The molecule has 1 saturated carbocycles. The number of hydrogen-bond donors (Lipinski definition) is 0. The van der Waals surface area contributed by atoms with Gasteiger partial charge in [0.25, 0.3) is 0 Å². The molecule has 1 fully saturated rings. The number of aromatic nitrogens is 3. The molecule has 0 radical (unpaired) electrons. The van der Waals surface area contributed by atoms with Gasteiger partial charge >= 0.3 is 12.0 Å². The molecule has 7 heteroatoms. The second kappa shape index (κ2) is 5.56. The van der Waals surface area contributed by atoms with E-state index in [9.17, 15) is 0 Å². The highest BCUT2D eigenvalue weighted by atomic mass is 35.5. The van der Waals surface area contributed by atoms with Gasteiger partial charge in [-0.1, -0.05) is 0 Å². The van der Waals surface area contributed by atoms with Crippen LogP contribution < -0.4 is 14.4 Å². The van der Waals surface area contributed by atoms with Crippen LogP contribution in [0.15, 0.2) is 0 Å². The number of nitrogens with zero attached hydrogens (tertiary/aromatic N) is 4. The number of rotatable bonds is 5. The van der Waals surface area contributed by atoms with Gasteiger partial charge in [-0.2, -0.15) is 9.97 Å². The Bertz CT molecular complexity index is 390. The van der Waals surface area contributed by atoms with Gasteiger partial charge in [0.2, 0.25) is 5.95 Å². The van der Waals surface area contributed by atoms with Crippen molar-refractivity contribution in [3.05, 3.63) is 0 Å². The molecule has 0 aromatic carbocycles. The first-order valence-electron chi connectivity index (χ1n) is 5.81. The fourth-order valence-corrected chi connectivity index (χ4v) is 2.46. The highest BCUT2D eigenvalue weighted by Crippen LogP contribution is 2.32. The van der Waals surface area contributed by atoms with E-state index in [0.717, 1.165) is 19.4 Å². The number of halogens is 1. The van der Waals surface area contributed by atoms with Gasteiger partial charge in [0.1, 0.15) is 0 Å². The maximum Gasteiger partial charge on any atom is 0.324 e.